The van der Waals surface area contributed by atoms with Crippen LogP contribution in [-0.4, -0.2) is 88.5 Å². The Labute approximate surface area is 159 Å². The van der Waals surface area contributed by atoms with Crippen LogP contribution < -0.4 is 10.0 Å². The summed E-state index contributed by atoms with van der Waals surface area (Å²) < 4.78 is 65.1. The second-order valence-corrected chi connectivity index (χ2v) is 9.11. The normalized spacial score (nSPS) is 21.8. The van der Waals surface area contributed by atoms with E-state index in [0.29, 0.717) is 31.5 Å². The van der Waals surface area contributed by atoms with E-state index in [1.54, 1.807) is 7.05 Å². The summed E-state index contributed by atoms with van der Waals surface area (Å²) in [7, 11) is -1.76. The van der Waals surface area contributed by atoms with Crippen molar-refractivity contribution in [3.63, 3.8) is 0 Å². The van der Waals surface area contributed by atoms with E-state index in [2.05, 4.69) is 15.0 Å². The smallest absolute Gasteiger partial charge is 0.355 e. The van der Waals surface area contributed by atoms with Crippen molar-refractivity contribution in [2.45, 2.75) is 38.4 Å². The van der Waals surface area contributed by atoms with Crippen LogP contribution in [0.15, 0.2) is 4.99 Å². The number of hydrogen-bond acceptors (Lipinski definition) is 4. The number of aliphatic imine (C=N–C) groups is 1. The second-order valence-electron chi connectivity index (χ2n) is 7.18. The summed E-state index contributed by atoms with van der Waals surface area (Å²) in [5.41, 5.74) is 0. The molecule has 1 heterocycles. The van der Waals surface area contributed by atoms with Gasteiger partial charge in [0.15, 0.2) is 5.96 Å². The second kappa shape index (κ2) is 9.42. The molecule has 11 heteroatoms. The number of hydrogen-bond donors (Lipinski definition) is 2. The Kier molecular flexibility index (Phi) is 7.75. The minimum absolute atomic E-state index is 0.0657. The standard InChI is InChI=1S/C16H30F3N5O2S/c1-13(16(17,18)19)23-7-9-24(10-8-23)15(20-2)21-6-11-27(25,26)22-12-14-4-3-5-14/h13-14,22H,3-12H2,1-2H3,(H,20,21). The highest BCUT2D eigenvalue weighted by molar-refractivity contribution is 7.89. The molecule has 1 saturated heterocycles. The molecular weight excluding hydrogens is 383 g/mol. The lowest BCUT2D eigenvalue weighted by Gasteiger charge is -2.39. The van der Waals surface area contributed by atoms with Crippen molar-refractivity contribution in [2.24, 2.45) is 10.9 Å². The van der Waals surface area contributed by atoms with Crippen molar-refractivity contribution in [2.75, 3.05) is 52.1 Å². The SMILES string of the molecule is CN=C(NCCS(=O)(=O)NCC1CCC1)N1CCN(C(C)C(F)(F)F)CC1. The predicted octanol–water partition coefficient (Wildman–Crippen LogP) is 0.850. The Morgan fingerprint density at radius 1 is 1.22 bits per heavy atom. The molecule has 1 atom stereocenters. The molecule has 0 amide bonds. The highest BCUT2D eigenvalue weighted by atomic mass is 32.2. The summed E-state index contributed by atoms with van der Waals surface area (Å²) >= 11 is 0. The lowest BCUT2D eigenvalue weighted by Crippen LogP contribution is -2.57. The number of rotatable bonds is 7. The van der Waals surface area contributed by atoms with Crippen LogP contribution >= 0.6 is 0 Å². The topological polar surface area (TPSA) is 77.0 Å². The van der Waals surface area contributed by atoms with Gasteiger partial charge in [-0.1, -0.05) is 6.42 Å². The Bertz CT molecular complexity index is 600. The zero-order valence-corrected chi connectivity index (χ0v) is 16.7. The first-order valence-corrected chi connectivity index (χ1v) is 11.0. The van der Waals surface area contributed by atoms with Crippen molar-refractivity contribution in [3.8, 4) is 0 Å². The summed E-state index contributed by atoms with van der Waals surface area (Å²) in [5.74, 6) is 0.906. The van der Waals surface area contributed by atoms with Gasteiger partial charge in [-0.05, 0) is 25.7 Å². The van der Waals surface area contributed by atoms with Gasteiger partial charge in [0.25, 0.3) is 0 Å². The van der Waals surface area contributed by atoms with E-state index < -0.39 is 22.2 Å². The van der Waals surface area contributed by atoms with Crippen LogP contribution in [0.5, 0.6) is 0 Å². The van der Waals surface area contributed by atoms with Crippen molar-refractivity contribution in [1.82, 2.24) is 19.8 Å². The molecule has 7 nitrogen and oxygen atoms in total. The highest BCUT2D eigenvalue weighted by Gasteiger charge is 2.41. The number of nitrogens with one attached hydrogen (secondary N) is 2. The summed E-state index contributed by atoms with van der Waals surface area (Å²) in [5, 5.41) is 3.00. The first kappa shape index (κ1) is 22.2. The van der Waals surface area contributed by atoms with Crippen molar-refractivity contribution in [3.05, 3.63) is 0 Å². The maximum atomic E-state index is 12.8. The third-order valence-corrected chi connectivity index (χ3v) is 6.67. The Balaban J connectivity index is 1.72. The molecule has 1 saturated carbocycles. The molecule has 2 fully saturated rings. The molecule has 1 aliphatic carbocycles. The molecule has 2 rings (SSSR count). The van der Waals surface area contributed by atoms with Crippen LogP contribution in [0.4, 0.5) is 13.2 Å². The number of piperazine rings is 1. The first-order chi connectivity index (χ1) is 12.6. The van der Waals surface area contributed by atoms with Gasteiger partial charge in [-0.2, -0.15) is 13.2 Å². The van der Waals surface area contributed by atoms with Crippen LogP contribution in [0.2, 0.25) is 0 Å². The van der Waals surface area contributed by atoms with E-state index >= 15 is 0 Å². The van der Waals surface area contributed by atoms with E-state index in [1.807, 2.05) is 4.90 Å². The summed E-state index contributed by atoms with van der Waals surface area (Å²) in [6.45, 7) is 3.25. The lowest BCUT2D eigenvalue weighted by molar-refractivity contribution is -0.181. The van der Waals surface area contributed by atoms with Gasteiger partial charge < -0.3 is 10.2 Å². The molecule has 0 bridgehead atoms. The van der Waals surface area contributed by atoms with Crippen LogP contribution in [0, 0.1) is 5.92 Å². The highest BCUT2D eigenvalue weighted by Crippen LogP contribution is 2.26. The van der Waals surface area contributed by atoms with Crippen LogP contribution in [0.3, 0.4) is 0 Å². The number of alkyl halides is 3. The summed E-state index contributed by atoms with van der Waals surface area (Å²) in [6.07, 6.45) is -0.916. The summed E-state index contributed by atoms with van der Waals surface area (Å²) in [4.78, 5) is 7.38. The lowest BCUT2D eigenvalue weighted by atomic mass is 9.86. The molecule has 0 spiro atoms. The fraction of sp³-hybridized carbons (Fsp3) is 0.938. The molecule has 27 heavy (non-hydrogen) atoms. The zero-order valence-electron chi connectivity index (χ0n) is 15.9. The van der Waals surface area contributed by atoms with Crippen molar-refractivity contribution >= 4 is 16.0 Å². The fourth-order valence-corrected chi connectivity index (χ4v) is 4.18. The average molecular weight is 414 g/mol. The van der Waals surface area contributed by atoms with Gasteiger partial charge in [-0.15, -0.1) is 0 Å². The molecule has 2 aliphatic rings. The van der Waals surface area contributed by atoms with E-state index in [0.717, 1.165) is 12.8 Å². The Hall–Kier alpha value is -1.07. The van der Waals surface area contributed by atoms with E-state index in [9.17, 15) is 21.6 Å². The average Bonchev–Trinajstić information content (AvgIpc) is 2.56. The molecule has 2 N–H and O–H groups in total. The maximum absolute atomic E-state index is 12.8. The van der Waals surface area contributed by atoms with Gasteiger partial charge in [-0.3, -0.25) is 9.89 Å². The molecule has 0 aromatic carbocycles. The van der Waals surface area contributed by atoms with Gasteiger partial charge in [0.2, 0.25) is 10.0 Å². The quantitative estimate of drug-likeness (QED) is 0.478. The monoisotopic (exact) mass is 413 g/mol. The minimum Gasteiger partial charge on any atom is -0.355 e. The van der Waals surface area contributed by atoms with Gasteiger partial charge >= 0.3 is 6.18 Å². The van der Waals surface area contributed by atoms with Crippen LogP contribution in [-0.2, 0) is 10.0 Å². The van der Waals surface area contributed by atoms with Gasteiger partial charge in [0.05, 0.1) is 5.75 Å². The fourth-order valence-electron chi connectivity index (χ4n) is 3.17. The van der Waals surface area contributed by atoms with E-state index in [4.69, 9.17) is 0 Å². The van der Waals surface area contributed by atoms with Crippen LogP contribution in [0.25, 0.3) is 0 Å². The van der Waals surface area contributed by atoms with Gasteiger partial charge in [0, 0.05) is 46.3 Å². The Morgan fingerprint density at radius 3 is 2.33 bits per heavy atom. The molecule has 1 aliphatic heterocycles. The van der Waals surface area contributed by atoms with E-state index in [-0.39, 0.29) is 25.4 Å². The van der Waals surface area contributed by atoms with Gasteiger partial charge in [-0.25, -0.2) is 13.1 Å². The molecular formula is C16H30F3N5O2S. The number of halogens is 3. The number of nitrogens with zero attached hydrogens (tertiary/aromatic N) is 3. The first-order valence-electron chi connectivity index (χ1n) is 9.36. The third-order valence-electron chi connectivity index (χ3n) is 5.32. The Morgan fingerprint density at radius 2 is 1.85 bits per heavy atom. The van der Waals surface area contributed by atoms with Gasteiger partial charge in [0.1, 0.15) is 6.04 Å². The number of sulfonamides is 1. The largest absolute Gasteiger partial charge is 0.403 e. The summed E-state index contributed by atoms with van der Waals surface area (Å²) in [6, 6.07) is -1.47. The molecule has 158 valence electrons. The molecule has 1 unspecified atom stereocenters. The van der Waals surface area contributed by atoms with Crippen molar-refractivity contribution in [1.29, 1.82) is 0 Å². The van der Waals surface area contributed by atoms with Crippen LogP contribution in [0.1, 0.15) is 26.2 Å². The zero-order chi connectivity index (χ0) is 20.1. The van der Waals surface area contributed by atoms with Crippen molar-refractivity contribution < 1.29 is 21.6 Å². The number of guanidine groups is 1. The van der Waals surface area contributed by atoms with E-state index in [1.165, 1.54) is 18.2 Å². The molecule has 0 aromatic heterocycles. The molecule has 0 radical (unpaired) electrons. The maximum Gasteiger partial charge on any atom is 0.403 e. The minimum atomic E-state index is -4.23. The molecule has 0 aromatic rings. The predicted molar refractivity (Wildman–Crippen MR) is 99.2 cm³/mol. The third kappa shape index (κ3) is 6.79.